The lowest BCUT2D eigenvalue weighted by Crippen LogP contribution is -2.32. The highest BCUT2D eigenvalue weighted by molar-refractivity contribution is 5.91. The molecule has 0 saturated carbocycles. The van der Waals surface area contributed by atoms with E-state index in [0.29, 0.717) is 34.0 Å². The highest BCUT2D eigenvalue weighted by atomic mass is 16.5. The summed E-state index contributed by atoms with van der Waals surface area (Å²) in [7, 11) is 0. The van der Waals surface area contributed by atoms with Gasteiger partial charge in [-0.25, -0.2) is 9.52 Å². The number of nitrogens with zero attached hydrogens (tertiary/aromatic N) is 4. The molecule has 128 valence electrons. The van der Waals surface area contributed by atoms with E-state index in [-0.39, 0.29) is 5.82 Å². The van der Waals surface area contributed by atoms with Gasteiger partial charge in [0.05, 0.1) is 36.8 Å². The maximum atomic E-state index is 12.0. The van der Waals surface area contributed by atoms with Gasteiger partial charge in [-0.3, -0.25) is 0 Å². The minimum atomic E-state index is -0.405. The number of ether oxygens (including phenoxy) is 2. The molecule has 8 nitrogen and oxygen atoms in total. The molecular weight excluding hydrogens is 324 g/mol. The van der Waals surface area contributed by atoms with Crippen LogP contribution in [0.5, 0.6) is 11.5 Å². The van der Waals surface area contributed by atoms with Crippen LogP contribution in [0.25, 0.3) is 5.82 Å². The van der Waals surface area contributed by atoms with Crippen molar-refractivity contribution in [1.29, 1.82) is 0 Å². The zero-order chi connectivity index (χ0) is 17.8. The van der Waals surface area contributed by atoms with E-state index in [1.165, 1.54) is 35.5 Å². The summed E-state index contributed by atoms with van der Waals surface area (Å²) in [5.74, 6) is 0.705. The molecule has 0 aliphatic rings. The highest BCUT2D eigenvalue weighted by Gasteiger charge is 2.16. The second kappa shape index (κ2) is 7.00. The lowest BCUT2D eigenvalue weighted by molar-refractivity contribution is -0.600. The van der Waals surface area contributed by atoms with E-state index in [9.17, 15) is 10.0 Å². The van der Waals surface area contributed by atoms with Gasteiger partial charge >= 0.3 is 11.8 Å². The lowest BCUT2D eigenvalue weighted by atomic mass is 10.1. The van der Waals surface area contributed by atoms with E-state index in [1.807, 2.05) is 0 Å². The van der Waals surface area contributed by atoms with Crippen LogP contribution in [0.15, 0.2) is 48.9 Å². The number of carbonyl (C=O) groups excluding carboxylic acids is 1. The highest BCUT2D eigenvalue weighted by Crippen LogP contribution is 2.27. The average Bonchev–Trinajstić information content (AvgIpc) is 3.13. The van der Waals surface area contributed by atoms with E-state index < -0.39 is 5.97 Å². The number of aromatic nitrogens is 4. The number of pyridine rings is 1. The minimum absolute atomic E-state index is 0.196. The first-order chi connectivity index (χ1) is 12.1. The number of esters is 1. The fourth-order valence-electron chi connectivity index (χ4n) is 2.28. The second-order valence-electron chi connectivity index (χ2n) is 5.12. The van der Waals surface area contributed by atoms with Crippen molar-refractivity contribution in [2.75, 3.05) is 6.61 Å². The molecule has 0 saturated heterocycles. The number of rotatable bonds is 5. The molecule has 0 fully saturated rings. The fourth-order valence-corrected chi connectivity index (χ4v) is 2.28. The smallest absolute Gasteiger partial charge is 0.338 e. The Balaban J connectivity index is 1.92. The summed E-state index contributed by atoms with van der Waals surface area (Å²) in [4.78, 5) is 13.2. The molecule has 8 heteroatoms. The molecule has 1 aromatic carbocycles. The maximum Gasteiger partial charge on any atom is 0.338 e. The van der Waals surface area contributed by atoms with Gasteiger partial charge in [-0.05, 0) is 26.0 Å². The van der Waals surface area contributed by atoms with Crippen LogP contribution in [0.3, 0.4) is 0 Å². The molecule has 0 N–H and O–H groups in total. The molecule has 3 rings (SSSR count). The van der Waals surface area contributed by atoms with Gasteiger partial charge < -0.3 is 14.7 Å². The summed E-state index contributed by atoms with van der Waals surface area (Å²) in [6.45, 7) is 3.82. The van der Waals surface area contributed by atoms with Crippen LogP contribution in [0.1, 0.15) is 22.8 Å². The molecule has 3 aromatic rings. The summed E-state index contributed by atoms with van der Waals surface area (Å²) in [6.07, 6.45) is 4.25. The molecule has 0 atom stereocenters. The quantitative estimate of drug-likeness (QED) is 0.401. The van der Waals surface area contributed by atoms with Gasteiger partial charge in [0.25, 0.3) is 0 Å². The Kier molecular flexibility index (Phi) is 4.60. The van der Waals surface area contributed by atoms with Crippen molar-refractivity contribution in [3.05, 3.63) is 65.3 Å². The van der Waals surface area contributed by atoms with E-state index in [1.54, 1.807) is 32.0 Å². The summed E-state index contributed by atoms with van der Waals surface area (Å²) in [5, 5.41) is 19.8. The van der Waals surface area contributed by atoms with Crippen molar-refractivity contribution in [2.24, 2.45) is 0 Å². The van der Waals surface area contributed by atoms with Crippen LogP contribution in [0.4, 0.5) is 0 Å². The SMILES string of the molecule is CCOC(=O)c1cccc(Oc2cc[n+]([O-])c(-n3nccn3)c2)c1C. The van der Waals surface area contributed by atoms with E-state index in [0.717, 1.165) is 0 Å². The molecule has 0 aliphatic carbocycles. The van der Waals surface area contributed by atoms with Crippen molar-refractivity contribution in [3.8, 4) is 17.3 Å². The fraction of sp³-hybridized carbons (Fsp3) is 0.176. The topological polar surface area (TPSA) is 93.2 Å². The van der Waals surface area contributed by atoms with Gasteiger partial charge in [0.1, 0.15) is 11.5 Å². The number of benzene rings is 1. The monoisotopic (exact) mass is 340 g/mol. The Hall–Kier alpha value is -3.42. The molecule has 0 amide bonds. The average molecular weight is 340 g/mol. The van der Waals surface area contributed by atoms with Gasteiger partial charge in [0.2, 0.25) is 0 Å². The molecule has 0 unspecified atom stereocenters. The van der Waals surface area contributed by atoms with Crippen LogP contribution in [0, 0.1) is 12.1 Å². The summed E-state index contributed by atoms with van der Waals surface area (Å²) in [6, 6.07) is 8.17. The predicted molar refractivity (Wildman–Crippen MR) is 87.5 cm³/mol. The zero-order valence-corrected chi connectivity index (χ0v) is 13.7. The van der Waals surface area contributed by atoms with Crippen LogP contribution >= 0.6 is 0 Å². The standard InChI is InChI=1S/C17H16N4O4/c1-3-24-17(22)14-5-4-6-15(12(14)2)25-13-7-10-20(23)16(11-13)21-18-8-9-19-21/h4-11H,3H2,1-2H3. The van der Waals surface area contributed by atoms with Crippen LogP contribution in [-0.2, 0) is 4.74 Å². The largest absolute Gasteiger partial charge is 0.710 e. The normalized spacial score (nSPS) is 10.5. The van der Waals surface area contributed by atoms with Crippen LogP contribution in [-0.4, -0.2) is 27.6 Å². The van der Waals surface area contributed by atoms with Crippen molar-refractivity contribution in [1.82, 2.24) is 15.0 Å². The van der Waals surface area contributed by atoms with Crippen LogP contribution in [0.2, 0.25) is 0 Å². The molecular formula is C17H16N4O4. The number of carbonyl (C=O) groups is 1. The van der Waals surface area contributed by atoms with Crippen molar-refractivity contribution < 1.29 is 19.0 Å². The first kappa shape index (κ1) is 16.4. The third kappa shape index (κ3) is 3.42. The summed E-state index contributed by atoms with van der Waals surface area (Å²) >= 11 is 0. The summed E-state index contributed by atoms with van der Waals surface area (Å²) in [5.41, 5.74) is 1.08. The zero-order valence-electron chi connectivity index (χ0n) is 13.7. The second-order valence-corrected chi connectivity index (χ2v) is 5.12. The molecule has 0 bridgehead atoms. The van der Waals surface area contributed by atoms with Gasteiger partial charge in [0.15, 0.2) is 0 Å². The Labute approximate surface area is 143 Å². The lowest BCUT2D eigenvalue weighted by Gasteiger charge is -2.13. The van der Waals surface area contributed by atoms with Gasteiger partial charge in [-0.2, -0.15) is 0 Å². The Bertz CT molecular complexity index is 894. The third-order valence-corrected chi connectivity index (χ3v) is 3.50. The van der Waals surface area contributed by atoms with E-state index >= 15 is 0 Å². The van der Waals surface area contributed by atoms with Gasteiger partial charge in [0, 0.05) is 16.4 Å². The Morgan fingerprint density at radius 2 is 2.04 bits per heavy atom. The molecule has 2 heterocycles. The predicted octanol–water partition coefficient (Wildman–Crippen LogP) is 2.18. The molecule has 25 heavy (non-hydrogen) atoms. The first-order valence-electron chi connectivity index (χ1n) is 7.64. The number of hydrogen-bond acceptors (Lipinski definition) is 6. The van der Waals surface area contributed by atoms with Gasteiger partial charge in [-0.15, -0.1) is 0 Å². The van der Waals surface area contributed by atoms with Crippen LogP contribution < -0.4 is 9.47 Å². The third-order valence-electron chi connectivity index (χ3n) is 3.50. The Morgan fingerprint density at radius 3 is 2.76 bits per heavy atom. The van der Waals surface area contributed by atoms with Crippen molar-refractivity contribution >= 4 is 5.97 Å². The molecule has 0 spiro atoms. The molecule has 0 radical (unpaired) electrons. The Morgan fingerprint density at radius 1 is 1.28 bits per heavy atom. The van der Waals surface area contributed by atoms with E-state index in [2.05, 4.69) is 10.2 Å². The number of hydrogen-bond donors (Lipinski definition) is 0. The van der Waals surface area contributed by atoms with Crippen molar-refractivity contribution in [2.45, 2.75) is 13.8 Å². The minimum Gasteiger partial charge on any atom is -0.710 e. The van der Waals surface area contributed by atoms with E-state index in [4.69, 9.17) is 9.47 Å². The van der Waals surface area contributed by atoms with Crippen molar-refractivity contribution in [3.63, 3.8) is 0 Å². The summed E-state index contributed by atoms with van der Waals surface area (Å²) < 4.78 is 11.5. The maximum absolute atomic E-state index is 12.0. The van der Waals surface area contributed by atoms with Gasteiger partial charge in [-0.1, -0.05) is 16.3 Å². The molecule has 2 aromatic heterocycles. The first-order valence-corrected chi connectivity index (χ1v) is 7.64. The molecule has 0 aliphatic heterocycles.